The van der Waals surface area contributed by atoms with Crippen molar-refractivity contribution >= 4 is 11.8 Å². The van der Waals surface area contributed by atoms with E-state index in [1.54, 1.807) is 35.0 Å². The van der Waals surface area contributed by atoms with Crippen LogP contribution in [0.4, 0.5) is 0 Å². The molecule has 0 aliphatic carbocycles. The largest absolute Gasteiger partial charge is 0.492 e. The number of carbonyl (C=O) groups is 2. The van der Waals surface area contributed by atoms with Gasteiger partial charge in [0.1, 0.15) is 5.75 Å². The van der Waals surface area contributed by atoms with E-state index in [1.807, 2.05) is 0 Å². The van der Waals surface area contributed by atoms with Gasteiger partial charge in [-0.2, -0.15) is 0 Å². The Labute approximate surface area is 196 Å². The van der Waals surface area contributed by atoms with Crippen molar-refractivity contribution in [3.05, 3.63) is 29.3 Å². The molecule has 0 saturated carbocycles. The number of likely N-dealkylation sites (N-methyl/N-ethyl adjacent to an activating group) is 1. The van der Waals surface area contributed by atoms with E-state index in [0.29, 0.717) is 69.5 Å². The first-order chi connectivity index (χ1) is 16.1. The predicted octanol–water partition coefficient (Wildman–Crippen LogP) is 2.18. The lowest BCUT2D eigenvalue weighted by molar-refractivity contribution is 0.0302. The highest BCUT2D eigenvalue weighted by Crippen LogP contribution is 2.36. The molecule has 4 rings (SSSR count). The number of rotatable bonds is 1. The van der Waals surface area contributed by atoms with Crippen LogP contribution in [0.1, 0.15) is 52.8 Å². The van der Waals surface area contributed by atoms with Gasteiger partial charge in [0.25, 0.3) is 11.8 Å². The van der Waals surface area contributed by atoms with E-state index >= 15 is 0 Å². The molecule has 1 aromatic carbocycles. The summed E-state index contributed by atoms with van der Waals surface area (Å²) in [6, 6.07) is 5.28. The van der Waals surface area contributed by atoms with E-state index in [1.165, 1.54) is 0 Å². The summed E-state index contributed by atoms with van der Waals surface area (Å²) in [5.41, 5.74) is 1.05. The summed E-state index contributed by atoms with van der Waals surface area (Å²) < 4.78 is 17.5. The maximum Gasteiger partial charge on any atom is 0.257 e. The van der Waals surface area contributed by atoms with Gasteiger partial charge in [0.15, 0.2) is 0 Å². The Kier molecular flexibility index (Phi) is 8.22. The molecule has 3 aliphatic rings. The first-order valence-corrected chi connectivity index (χ1v) is 12.3. The molecule has 2 fully saturated rings. The lowest BCUT2D eigenvalue weighted by Crippen LogP contribution is -2.41. The van der Waals surface area contributed by atoms with E-state index in [0.717, 1.165) is 45.2 Å². The average Bonchev–Trinajstić information content (AvgIpc) is 2.86. The SMILES string of the molecule is CN1CCOCCCCC2(CCNCC2)COc2ccc(C(=O)N3CCOCC3)cc2C1=O. The second-order valence-corrected chi connectivity index (χ2v) is 9.45. The number of fused-ring (bicyclic) bond motifs is 1. The highest BCUT2D eigenvalue weighted by molar-refractivity contribution is 6.01. The number of ether oxygens (including phenoxy) is 3. The lowest BCUT2D eigenvalue weighted by Gasteiger charge is -2.38. The second-order valence-electron chi connectivity index (χ2n) is 9.45. The molecule has 2 saturated heterocycles. The molecule has 182 valence electrons. The van der Waals surface area contributed by atoms with Crippen LogP contribution in [0, 0.1) is 5.41 Å². The van der Waals surface area contributed by atoms with Gasteiger partial charge in [0.2, 0.25) is 0 Å². The molecule has 0 unspecified atom stereocenters. The molecular formula is C25H37N3O5. The molecule has 0 bridgehead atoms. The summed E-state index contributed by atoms with van der Waals surface area (Å²) in [4.78, 5) is 29.8. The third-order valence-corrected chi connectivity index (χ3v) is 7.12. The van der Waals surface area contributed by atoms with E-state index in [-0.39, 0.29) is 17.2 Å². The van der Waals surface area contributed by atoms with Crippen LogP contribution in [-0.2, 0) is 9.47 Å². The highest BCUT2D eigenvalue weighted by Gasteiger charge is 2.33. The summed E-state index contributed by atoms with van der Waals surface area (Å²) in [6.45, 7) is 6.47. The minimum absolute atomic E-state index is 0.0749. The highest BCUT2D eigenvalue weighted by atomic mass is 16.5. The van der Waals surface area contributed by atoms with Crippen molar-refractivity contribution in [2.45, 2.75) is 32.1 Å². The number of nitrogens with one attached hydrogen (secondary N) is 1. The molecular weight excluding hydrogens is 422 g/mol. The van der Waals surface area contributed by atoms with E-state index in [2.05, 4.69) is 5.32 Å². The average molecular weight is 460 g/mol. The normalized spacial score (nSPS) is 22.9. The van der Waals surface area contributed by atoms with Crippen molar-refractivity contribution in [3.8, 4) is 5.75 Å². The minimum Gasteiger partial charge on any atom is -0.492 e. The quantitative estimate of drug-likeness (QED) is 0.694. The molecule has 8 heteroatoms. The molecule has 1 spiro atoms. The van der Waals surface area contributed by atoms with Gasteiger partial charge >= 0.3 is 0 Å². The van der Waals surface area contributed by atoms with Gasteiger partial charge < -0.3 is 29.3 Å². The van der Waals surface area contributed by atoms with Crippen LogP contribution < -0.4 is 10.1 Å². The van der Waals surface area contributed by atoms with Crippen LogP contribution in [0.3, 0.4) is 0 Å². The summed E-state index contributed by atoms with van der Waals surface area (Å²) in [6.07, 6.45) is 5.35. The van der Waals surface area contributed by atoms with Gasteiger partial charge in [-0.15, -0.1) is 0 Å². The lowest BCUT2D eigenvalue weighted by atomic mass is 9.75. The zero-order valence-electron chi connectivity index (χ0n) is 19.8. The second kappa shape index (κ2) is 11.3. The molecule has 3 heterocycles. The fraction of sp³-hybridized carbons (Fsp3) is 0.680. The maximum absolute atomic E-state index is 13.4. The molecule has 0 atom stereocenters. The van der Waals surface area contributed by atoms with Gasteiger partial charge in [-0.1, -0.05) is 6.42 Å². The first-order valence-electron chi connectivity index (χ1n) is 12.3. The smallest absolute Gasteiger partial charge is 0.257 e. The number of hydrogen-bond donors (Lipinski definition) is 1. The van der Waals surface area contributed by atoms with Gasteiger partial charge in [0.05, 0.1) is 32.0 Å². The van der Waals surface area contributed by atoms with Crippen molar-refractivity contribution in [2.24, 2.45) is 5.41 Å². The molecule has 0 radical (unpaired) electrons. The van der Waals surface area contributed by atoms with Crippen LogP contribution in [0.5, 0.6) is 5.75 Å². The summed E-state index contributed by atoms with van der Waals surface area (Å²) in [5, 5.41) is 3.45. The Balaban J connectivity index is 1.61. The number of carbonyl (C=O) groups excluding carboxylic acids is 2. The molecule has 0 aromatic heterocycles. The Hall–Kier alpha value is -2.16. The van der Waals surface area contributed by atoms with Crippen molar-refractivity contribution in [2.75, 3.05) is 72.8 Å². The third-order valence-electron chi connectivity index (χ3n) is 7.12. The first kappa shape index (κ1) is 24.0. The molecule has 1 aromatic rings. The van der Waals surface area contributed by atoms with Crippen molar-refractivity contribution in [1.29, 1.82) is 0 Å². The van der Waals surface area contributed by atoms with Crippen molar-refractivity contribution in [3.63, 3.8) is 0 Å². The number of hydrogen-bond acceptors (Lipinski definition) is 6. The maximum atomic E-state index is 13.4. The van der Waals surface area contributed by atoms with Crippen LogP contribution in [-0.4, -0.2) is 94.4 Å². The van der Waals surface area contributed by atoms with Crippen LogP contribution in [0.25, 0.3) is 0 Å². The van der Waals surface area contributed by atoms with Crippen molar-refractivity contribution < 1.29 is 23.8 Å². The Bertz CT molecular complexity index is 818. The molecule has 8 nitrogen and oxygen atoms in total. The Morgan fingerprint density at radius 1 is 0.970 bits per heavy atom. The molecule has 33 heavy (non-hydrogen) atoms. The van der Waals surface area contributed by atoms with Gasteiger partial charge in [-0.05, 0) is 57.0 Å². The molecule has 3 aliphatic heterocycles. The summed E-state index contributed by atoms with van der Waals surface area (Å²) in [7, 11) is 1.77. The monoisotopic (exact) mass is 459 g/mol. The van der Waals surface area contributed by atoms with Gasteiger partial charge in [-0.3, -0.25) is 9.59 Å². The predicted molar refractivity (Wildman–Crippen MR) is 125 cm³/mol. The Morgan fingerprint density at radius 3 is 2.48 bits per heavy atom. The minimum atomic E-state index is -0.151. The van der Waals surface area contributed by atoms with Crippen LogP contribution in [0.15, 0.2) is 18.2 Å². The third kappa shape index (κ3) is 6.05. The number of nitrogens with zero attached hydrogens (tertiary/aromatic N) is 2. The van der Waals surface area contributed by atoms with Crippen LogP contribution in [0.2, 0.25) is 0 Å². The van der Waals surface area contributed by atoms with E-state index in [9.17, 15) is 9.59 Å². The zero-order valence-corrected chi connectivity index (χ0v) is 19.8. The van der Waals surface area contributed by atoms with Crippen LogP contribution >= 0.6 is 0 Å². The van der Waals surface area contributed by atoms with Crippen molar-refractivity contribution in [1.82, 2.24) is 15.1 Å². The molecule has 2 amide bonds. The summed E-state index contributed by atoms with van der Waals surface area (Å²) in [5.74, 6) is 0.331. The fourth-order valence-electron chi connectivity index (χ4n) is 4.87. The number of amides is 2. The Morgan fingerprint density at radius 2 is 1.70 bits per heavy atom. The van der Waals surface area contributed by atoms with Gasteiger partial charge in [-0.25, -0.2) is 0 Å². The van der Waals surface area contributed by atoms with Gasteiger partial charge in [0, 0.05) is 44.3 Å². The number of benzene rings is 1. The zero-order chi connectivity index (χ0) is 23.1. The van der Waals surface area contributed by atoms with E-state index < -0.39 is 0 Å². The van der Waals surface area contributed by atoms with E-state index in [4.69, 9.17) is 14.2 Å². The number of morpholine rings is 1. The standard InChI is InChI=1S/C25H37N3O5/c1-27-11-15-31-14-3-2-6-25(7-9-26-10-8-25)19-33-22-5-4-20(18-21(22)24(27)30)23(29)28-12-16-32-17-13-28/h4-5,18,26H,2-3,6-17,19H2,1H3. The fourth-order valence-corrected chi connectivity index (χ4v) is 4.87. The number of piperidine rings is 1. The summed E-state index contributed by atoms with van der Waals surface area (Å²) >= 11 is 0. The molecule has 1 N–H and O–H groups in total. The topological polar surface area (TPSA) is 80.3 Å².